The Morgan fingerprint density at radius 3 is 2.28 bits per heavy atom. The molecule has 0 aliphatic rings. The molecule has 2 aromatic carbocycles. The Bertz CT molecular complexity index is 860. The van der Waals surface area contributed by atoms with E-state index in [1.165, 1.54) is 0 Å². The average Bonchev–Trinajstić information content (AvgIpc) is 2.69. The predicted molar refractivity (Wildman–Crippen MR) is 119 cm³/mol. The van der Waals surface area contributed by atoms with Crippen molar-refractivity contribution in [2.24, 2.45) is 0 Å². The molecule has 0 unspecified atom stereocenters. The fourth-order valence-electron chi connectivity index (χ4n) is 3.27. The summed E-state index contributed by atoms with van der Waals surface area (Å²) in [6.45, 7) is 12.3. The van der Waals surface area contributed by atoms with Gasteiger partial charge in [-0.3, -0.25) is 9.59 Å². The van der Waals surface area contributed by atoms with Gasteiger partial charge in [0.25, 0.3) is 0 Å². The monoisotopic (exact) mass is 394 g/mol. The maximum Gasteiger partial charge on any atom is 0.242 e. The van der Waals surface area contributed by atoms with Crippen molar-refractivity contribution in [3.8, 4) is 0 Å². The van der Waals surface area contributed by atoms with Crippen LogP contribution in [0, 0.1) is 20.8 Å². The van der Waals surface area contributed by atoms with E-state index < -0.39 is 6.04 Å². The Morgan fingerprint density at radius 2 is 1.62 bits per heavy atom. The van der Waals surface area contributed by atoms with Crippen molar-refractivity contribution in [3.05, 3.63) is 70.3 Å². The van der Waals surface area contributed by atoms with E-state index in [2.05, 4.69) is 17.4 Å². The molecule has 0 saturated heterocycles. The molecule has 0 heterocycles. The minimum absolute atomic E-state index is 0.0336. The number of nitrogens with zero attached hydrogens (tertiary/aromatic N) is 1. The molecule has 1 N–H and O–H groups in total. The molecule has 156 valence electrons. The molecule has 2 rings (SSSR count). The van der Waals surface area contributed by atoms with Gasteiger partial charge < -0.3 is 10.2 Å². The van der Waals surface area contributed by atoms with Crippen molar-refractivity contribution in [1.29, 1.82) is 0 Å². The zero-order valence-electron chi connectivity index (χ0n) is 18.6. The lowest BCUT2D eigenvalue weighted by Crippen LogP contribution is -2.50. The van der Waals surface area contributed by atoms with Gasteiger partial charge in [0.05, 0.1) is 6.42 Å². The van der Waals surface area contributed by atoms with E-state index in [0.717, 1.165) is 34.2 Å². The third-order valence-corrected chi connectivity index (χ3v) is 5.62. The molecule has 2 aromatic rings. The maximum absolute atomic E-state index is 13.3. The molecule has 0 aromatic heterocycles. The molecule has 0 aliphatic heterocycles. The molecular formula is C25H34N2O2. The first-order chi connectivity index (χ1) is 13.7. The molecule has 0 fully saturated rings. The standard InChI is InChI=1S/C25H34N2O2/c1-7-20(5)26-25(29)21(6)27(16-22-11-9-8-10-18(22)3)24(28)15-23-14-17(2)12-13-19(23)4/h8-14,20-21H,7,15-16H2,1-6H3,(H,26,29)/t20-,21+/m1/s1. The van der Waals surface area contributed by atoms with E-state index in [0.29, 0.717) is 13.0 Å². The molecule has 4 heteroatoms. The van der Waals surface area contributed by atoms with Crippen LogP contribution < -0.4 is 5.32 Å². The minimum Gasteiger partial charge on any atom is -0.352 e. The Kier molecular flexibility index (Phi) is 8.00. The van der Waals surface area contributed by atoms with E-state index in [1.54, 1.807) is 4.90 Å². The topological polar surface area (TPSA) is 49.4 Å². The van der Waals surface area contributed by atoms with E-state index in [9.17, 15) is 9.59 Å². The van der Waals surface area contributed by atoms with Gasteiger partial charge in [0.15, 0.2) is 0 Å². The van der Waals surface area contributed by atoms with Crippen LogP contribution in [-0.4, -0.2) is 28.8 Å². The summed E-state index contributed by atoms with van der Waals surface area (Å²) >= 11 is 0. The third kappa shape index (κ3) is 6.18. The second-order valence-corrected chi connectivity index (χ2v) is 8.05. The zero-order chi connectivity index (χ0) is 21.6. The Labute approximate surface area is 175 Å². The van der Waals surface area contributed by atoms with E-state index in [1.807, 2.05) is 71.9 Å². The van der Waals surface area contributed by atoms with Crippen LogP contribution in [0.4, 0.5) is 0 Å². The number of nitrogens with one attached hydrogen (secondary N) is 1. The summed E-state index contributed by atoms with van der Waals surface area (Å²) in [6.07, 6.45) is 1.15. The first-order valence-electron chi connectivity index (χ1n) is 10.4. The second-order valence-electron chi connectivity index (χ2n) is 8.05. The molecule has 0 saturated carbocycles. The summed E-state index contributed by atoms with van der Waals surface area (Å²) in [5.74, 6) is -0.143. The van der Waals surface area contributed by atoms with Crippen LogP contribution in [0.15, 0.2) is 42.5 Å². The minimum atomic E-state index is -0.541. The lowest BCUT2D eigenvalue weighted by Gasteiger charge is -2.30. The summed E-state index contributed by atoms with van der Waals surface area (Å²) in [5, 5.41) is 3.02. The molecule has 0 bridgehead atoms. The number of carbonyl (C=O) groups is 2. The first kappa shape index (κ1) is 22.7. The van der Waals surface area contributed by atoms with Crippen LogP contribution in [0.2, 0.25) is 0 Å². The molecule has 4 nitrogen and oxygen atoms in total. The molecular weight excluding hydrogens is 360 g/mol. The fourth-order valence-corrected chi connectivity index (χ4v) is 3.27. The largest absolute Gasteiger partial charge is 0.352 e. The second kappa shape index (κ2) is 10.2. The highest BCUT2D eigenvalue weighted by Crippen LogP contribution is 2.17. The highest BCUT2D eigenvalue weighted by atomic mass is 16.2. The van der Waals surface area contributed by atoms with Crippen molar-refractivity contribution >= 4 is 11.8 Å². The fraction of sp³-hybridized carbons (Fsp3) is 0.440. The van der Waals surface area contributed by atoms with Gasteiger partial charge in [-0.2, -0.15) is 0 Å². The summed E-state index contributed by atoms with van der Waals surface area (Å²) < 4.78 is 0. The number of aryl methyl sites for hydroxylation is 3. The lowest BCUT2D eigenvalue weighted by molar-refractivity contribution is -0.140. The van der Waals surface area contributed by atoms with Crippen molar-refractivity contribution in [1.82, 2.24) is 10.2 Å². The highest BCUT2D eigenvalue weighted by molar-refractivity contribution is 5.88. The first-order valence-corrected chi connectivity index (χ1v) is 10.4. The van der Waals surface area contributed by atoms with Gasteiger partial charge in [0.1, 0.15) is 6.04 Å². The van der Waals surface area contributed by atoms with Crippen LogP contribution in [0.25, 0.3) is 0 Å². The molecule has 2 atom stereocenters. The van der Waals surface area contributed by atoms with Gasteiger partial charge in [-0.1, -0.05) is 55.0 Å². The van der Waals surface area contributed by atoms with Gasteiger partial charge in [0.2, 0.25) is 11.8 Å². The van der Waals surface area contributed by atoms with Crippen molar-refractivity contribution in [3.63, 3.8) is 0 Å². The van der Waals surface area contributed by atoms with E-state index in [4.69, 9.17) is 0 Å². The van der Waals surface area contributed by atoms with Crippen LogP contribution in [0.3, 0.4) is 0 Å². The summed E-state index contributed by atoms with van der Waals surface area (Å²) in [4.78, 5) is 27.9. The van der Waals surface area contributed by atoms with Gasteiger partial charge in [0, 0.05) is 12.6 Å². The molecule has 0 radical (unpaired) electrons. The van der Waals surface area contributed by atoms with Crippen LogP contribution in [-0.2, 0) is 22.6 Å². The maximum atomic E-state index is 13.3. The number of rotatable bonds is 8. The van der Waals surface area contributed by atoms with Crippen LogP contribution in [0.5, 0.6) is 0 Å². The lowest BCUT2D eigenvalue weighted by atomic mass is 10.0. The average molecular weight is 395 g/mol. The number of carbonyl (C=O) groups excluding carboxylic acids is 2. The van der Waals surface area contributed by atoms with Crippen LogP contribution in [0.1, 0.15) is 55.0 Å². The number of benzene rings is 2. The van der Waals surface area contributed by atoms with Crippen molar-refractivity contribution < 1.29 is 9.59 Å². The Balaban J connectivity index is 2.29. The highest BCUT2D eigenvalue weighted by Gasteiger charge is 2.27. The van der Waals surface area contributed by atoms with Gasteiger partial charge in [-0.25, -0.2) is 0 Å². The van der Waals surface area contributed by atoms with Gasteiger partial charge >= 0.3 is 0 Å². The molecule has 0 spiro atoms. The van der Waals surface area contributed by atoms with E-state index >= 15 is 0 Å². The summed E-state index contributed by atoms with van der Waals surface area (Å²) in [7, 11) is 0. The predicted octanol–water partition coefficient (Wildman–Crippen LogP) is 4.49. The third-order valence-electron chi connectivity index (χ3n) is 5.62. The molecule has 0 aliphatic carbocycles. The number of amides is 2. The van der Waals surface area contributed by atoms with Crippen molar-refractivity contribution in [2.45, 2.75) is 73.0 Å². The Morgan fingerprint density at radius 1 is 0.966 bits per heavy atom. The summed E-state index contributed by atoms with van der Waals surface area (Å²) in [6, 6.07) is 13.7. The zero-order valence-corrected chi connectivity index (χ0v) is 18.6. The van der Waals surface area contributed by atoms with Crippen molar-refractivity contribution in [2.75, 3.05) is 0 Å². The quantitative estimate of drug-likeness (QED) is 0.717. The normalized spacial score (nSPS) is 12.9. The van der Waals surface area contributed by atoms with Crippen LogP contribution >= 0.6 is 0 Å². The molecule has 29 heavy (non-hydrogen) atoms. The summed E-state index contributed by atoms with van der Waals surface area (Å²) in [5.41, 5.74) is 5.42. The Hall–Kier alpha value is -2.62. The number of hydrogen-bond acceptors (Lipinski definition) is 2. The van der Waals surface area contributed by atoms with Gasteiger partial charge in [-0.05, 0) is 63.3 Å². The smallest absolute Gasteiger partial charge is 0.242 e. The number of hydrogen-bond donors (Lipinski definition) is 1. The van der Waals surface area contributed by atoms with E-state index in [-0.39, 0.29) is 17.9 Å². The SMILES string of the molecule is CC[C@@H](C)NC(=O)[C@H](C)N(Cc1ccccc1C)C(=O)Cc1cc(C)ccc1C. The van der Waals surface area contributed by atoms with Gasteiger partial charge in [-0.15, -0.1) is 0 Å². The molecule has 2 amide bonds.